The zero-order valence-electron chi connectivity index (χ0n) is 10.5. The SMILES string of the molecule is Cc1nc(N)nc(NN=Cc2cccc([N+](=O)[O-])c2)n1. The van der Waals surface area contributed by atoms with Crippen LogP contribution < -0.4 is 11.2 Å². The van der Waals surface area contributed by atoms with Crippen LogP contribution in [-0.2, 0) is 0 Å². The highest BCUT2D eigenvalue weighted by molar-refractivity contribution is 5.81. The van der Waals surface area contributed by atoms with E-state index in [1.165, 1.54) is 18.3 Å². The van der Waals surface area contributed by atoms with Crippen LogP contribution in [0.3, 0.4) is 0 Å². The molecule has 0 saturated heterocycles. The summed E-state index contributed by atoms with van der Waals surface area (Å²) in [4.78, 5) is 21.8. The molecule has 102 valence electrons. The minimum Gasteiger partial charge on any atom is -0.368 e. The van der Waals surface area contributed by atoms with Crippen molar-refractivity contribution in [1.29, 1.82) is 0 Å². The number of aromatic nitrogens is 3. The first-order valence-electron chi connectivity index (χ1n) is 5.56. The number of nitro groups is 1. The predicted molar refractivity (Wildman–Crippen MR) is 73.3 cm³/mol. The van der Waals surface area contributed by atoms with E-state index in [1.807, 2.05) is 0 Å². The third kappa shape index (κ3) is 3.45. The molecule has 0 aliphatic heterocycles. The molecular weight excluding hydrogens is 262 g/mol. The summed E-state index contributed by atoms with van der Waals surface area (Å²) in [5.41, 5.74) is 8.62. The molecule has 2 rings (SSSR count). The van der Waals surface area contributed by atoms with E-state index in [0.717, 1.165) is 0 Å². The lowest BCUT2D eigenvalue weighted by Crippen LogP contribution is -2.04. The molecule has 1 aromatic carbocycles. The third-order valence-corrected chi connectivity index (χ3v) is 2.22. The number of nitrogen functional groups attached to an aromatic ring is 1. The van der Waals surface area contributed by atoms with Crippen molar-refractivity contribution in [1.82, 2.24) is 15.0 Å². The molecule has 9 nitrogen and oxygen atoms in total. The van der Waals surface area contributed by atoms with Crippen LogP contribution in [0.15, 0.2) is 29.4 Å². The Balaban J connectivity index is 2.10. The quantitative estimate of drug-likeness (QED) is 0.484. The van der Waals surface area contributed by atoms with Gasteiger partial charge in [0.15, 0.2) is 0 Å². The number of hydrogen-bond acceptors (Lipinski definition) is 8. The van der Waals surface area contributed by atoms with Gasteiger partial charge < -0.3 is 5.73 Å². The van der Waals surface area contributed by atoms with E-state index in [1.54, 1.807) is 19.1 Å². The summed E-state index contributed by atoms with van der Waals surface area (Å²) in [6, 6.07) is 6.06. The molecule has 0 aliphatic carbocycles. The normalized spacial score (nSPS) is 10.7. The van der Waals surface area contributed by atoms with E-state index >= 15 is 0 Å². The zero-order chi connectivity index (χ0) is 14.5. The lowest BCUT2D eigenvalue weighted by atomic mass is 10.2. The second-order valence-corrected chi connectivity index (χ2v) is 3.79. The van der Waals surface area contributed by atoms with Gasteiger partial charge in [-0.2, -0.15) is 20.1 Å². The zero-order valence-corrected chi connectivity index (χ0v) is 10.5. The molecule has 1 heterocycles. The minimum atomic E-state index is -0.471. The summed E-state index contributed by atoms with van der Waals surface area (Å²) < 4.78 is 0. The van der Waals surface area contributed by atoms with Gasteiger partial charge in [0.1, 0.15) is 5.82 Å². The number of hydrazone groups is 1. The molecule has 9 heteroatoms. The molecule has 2 aromatic rings. The molecule has 0 saturated carbocycles. The van der Waals surface area contributed by atoms with Crippen molar-refractivity contribution in [2.75, 3.05) is 11.2 Å². The Hall–Kier alpha value is -3.10. The summed E-state index contributed by atoms with van der Waals surface area (Å²) in [6.45, 7) is 1.67. The Morgan fingerprint density at radius 1 is 1.40 bits per heavy atom. The lowest BCUT2D eigenvalue weighted by molar-refractivity contribution is -0.384. The number of benzene rings is 1. The first kappa shape index (κ1) is 13.3. The molecule has 0 spiro atoms. The summed E-state index contributed by atoms with van der Waals surface area (Å²) in [5, 5.41) is 14.5. The largest absolute Gasteiger partial charge is 0.368 e. The van der Waals surface area contributed by atoms with Crippen molar-refractivity contribution in [3.63, 3.8) is 0 Å². The van der Waals surface area contributed by atoms with Crippen LogP contribution in [0.2, 0.25) is 0 Å². The maximum atomic E-state index is 10.6. The fraction of sp³-hybridized carbons (Fsp3) is 0.0909. The van der Waals surface area contributed by atoms with Crippen LogP contribution in [0.25, 0.3) is 0 Å². The van der Waals surface area contributed by atoms with E-state index in [9.17, 15) is 10.1 Å². The van der Waals surface area contributed by atoms with Crippen molar-refractivity contribution < 1.29 is 4.92 Å². The first-order chi connectivity index (χ1) is 9.54. The van der Waals surface area contributed by atoms with Crippen LogP contribution >= 0.6 is 0 Å². The Morgan fingerprint density at radius 2 is 2.20 bits per heavy atom. The molecule has 0 radical (unpaired) electrons. The fourth-order valence-electron chi connectivity index (χ4n) is 1.44. The van der Waals surface area contributed by atoms with E-state index in [0.29, 0.717) is 11.4 Å². The van der Waals surface area contributed by atoms with Gasteiger partial charge in [0, 0.05) is 17.7 Å². The Kier molecular flexibility index (Phi) is 3.80. The Morgan fingerprint density at radius 3 is 2.90 bits per heavy atom. The molecule has 0 amide bonds. The van der Waals surface area contributed by atoms with Gasteiger partial charge in [-0.25, -0.2) is 5.43 Å². The van der Waals surface area contributed by atoms with Gasteiger partial charge in [0.2, 0.25) is 11.9 Å². The van der Waals surface area contributed by atoms with E-state index in [-0.39, 0.29) is 17.6 Å². The Bertz CT molecular complexity index is 651. The van der Waals surface area contributed by atoms with E-state index in [4.69, 9.17) is 5.73 Å². The number of hydrogen-bond donors (Lipinski definition) is 2. The molecule has 1 aromatic heterocycles. The van der Waals surface area contributed by atoms with Crippen molar-refractivity contribution in [3.8, 4) is 0 Å². The number of nitrogens with two attached hydrogens (primary N) is 1. The van der Waals surface area contributed by atoms with Gasteiger partial charge in [-0.1, -0.05) is 12.1 Å². The molecule has 0 unspecified atom stereocenters. The molecular formula is C11H11N7O2. The number of aryl methyl sites for hydroxylation is 1. The fourth-order valence-corrected chi connectivity index (χ4v) is 1.44. The van der Waals surface area contributed by atoms with Crippen LogP contribution in [0.4, 0.5) is 17.6 Å². The van der Waals surface area contributed by atoms with Gasteiger partial charge in [0.25, 0.3) is 5.69 Å². The maximum absolute atomic E-state index is 10.6. The maximum Gasteiger partial charge on any atom is 0.270 e. The van der Waals surface area contributed by atoms with E-state index in [2.05, 4.69) is 25.5 Å². The lowest BCUT2D eigenvalue weighted by Gasteiger charge is -2.00. The summed E-state index contributed by atoms with van der Waals surface area (Å²) >= 11 is 0. The second kappa shape index (κ2) is 5.69. The number of nitro benzene ring substituents is 1. The van der Waals surface area contributed by atoms with Crippen LogP contribution in [0.5, 0.6) is 0 Å². The smallest absolute Gasteiger partial charge is 0.270 e. The summed E-state index contributed by atoms with van der Waals surface area (Å²) in [5.74, 6) is 0.757. The molecule has 0 fully saturated rings. The monoisotopic (exact) mass is 273 g/mol. The van der Waals surface area contributed by atoms with Gasteiger partial charge >= 0.3 is 0 Å². The topological polar surface area (TPSA) is 132 Å². The number of nitrogens with zero attached hydrogens (tertiary/aromatic N) is 5. The average Bonchev–Trinajstić information content (AvgIpc) is 2.38. The van der Waals surface area contributed by atoms with Crippen molar-refractivity contribution in [2.45, 2.75) is 6.92 Å². The van der Waals surface area contributed by atoms with Crippen LogP contribution in [-0.4, -0.2) is 26.1 Å². The van der Waals surface area contributed by atoms with Crippen molar-refractivity contribution >= 4 is 23.8 Å². The molecule has 0 aliphatic rings. The van der Waals surface area contributed by atoms with Crippen LogP contribution in [0, 0.1) is 17.0 Å². The number of anilines is 2. The minimum absolute atomic E-state index is 0.00537. The number of non-ortho nitro benzene ring substituents is 1. The highest BCUT2D eigenvalue weighted by Gasteiger charge is 2.04. The highest BCUT2D eigenvalue weighted by Crippen LogP contribution is 2.11. The predicted octanol–water partition coefficient (Wildman–Crippen LogP) is 1.12. The highest BCUT2D eigenvalue weighted by atomic mass is 16.6. The second-order valence-electron chi connectivity index (χ2n) is 3.79. The molecule has 3 N–H and O–H groups in total. The van der Waals surface area contributed by atoms with Crippen molar-refractivity contribution in [2.24, 2.45) is 5.10 Å². The molecule has 0 atom stereocenters. The van der Waals surface area contributed by atoms with Gasteiger partial charge in [-0.3, -0.25) is 10.1 Å². The first-order valence-corrected chi connectivity index (χ1v) is 5.56. The number of nitrogens with one attached hydrogen (secondary N) is 1. The third-order valence-electron chi connectivity index (χ3n) is 2.22. The average molecular weight is 273 g/mol. The standard InChI is InChI=1S/C11H11N7O2/c1-7-14-10(12)16-11(15-7)17-13-6-8-3-2-4-9(5-8)18(19)20/h2-6H,1H3,(H3,12,14,15,16,17). The van der Waals surface area contributed by atoms with E-state index < -0.39 is 4.92 Å². The summed E-state index contributed by atoms with van der Waals surface area (Å²) in [7, 11) is 0. The van der Waals surface area contributed by atoms with Gasteiger partial charge in [-0.05, 0) is 6.92 Å². The van der Waals surface area contributed by atoms with Crippen LogP contribution in [0.1, 0.15) is 11.4 Å². The number of rotatable bonds is 4. The van der Waals surface area contributed by atoms with Crippen molar-refractivity contribution in [3.05, 3.63) is 45.8 Å². The molecule has 0 bridgehead atoms. The Labute approximate surface area is 113 Å². The van der Waals surface area contributed by atoms with Gasteiger partial charge in [-0.15, -0.1) is 0 Å². The summed E-state index contributed by atoms with van der Waals surface area (Å²) in [6.07, 6.45) is 1.42. The van der Waals surface area contributed by atoms with Gasteiger partial charge in [0.05, 0.1) is 11.1 Å². The molecule has 20 heavy (non-hydrogen) atoms.